The molecule has 1 aliphatic rings. The highest BCUT2D eigenvalue weighted by Gasteiger charge is 2.17. The van der Waals surface area contributed by atoms with Gasteiger partial charge in [-0.05, 0) is 68.1 Å². The van der Waals surface area contributed by atoms with E-state index in [2.05, 4.69) is 21.7 Å². The van der Waals surface area contributed by atoms with Crippen LogP contribution in [0.4, 0.5) is 5.69 Å². The Balaban J connectivity index is 1.80. The number of amides is 1. The number of carbonyl (C=O) groups excluding carboxylic acids is 1. The zero-order valence-electron chi connectivity index (χ0n) is 18.0. The summed E-state index contributed by atoms with van der Waals surface area (Å²) in [6.07, 6.45) is 2.10. The Morgan fingerprint density at radius 2 is 1.83 bits per heavy atom. The van der Waals surface area contributed by atoms with Crippen LogP contribution in [0, 0.1) is 13.8 Å². The molecule has 0 spiro atoms. The topological polar surface area (TPSA) is 81.2 Å². The minimum atomic E-state index is -0.293. The Labute approximate surface area is 177 Å². The normalized spacial score (nSPS) is 16.3. The van der Waals surface area contributed by atoms with Gasteiger partial charge in [0.1, 0.15) is 0 Å². The van der Waals surface area contributed by atoms with Crippen molar-refractivity contribution in [2.45, 2.75) is 32.8 Å². The zero-order valence-corrected chi connectivity index (χ0v) is 18.0. The van der Waals surface area contributed by atoms with Crippen molar-refractivity contribution in [3.63, 3.8) is 0 Å². The average molecular weight is 412 g/mol. The predicted molar refractivity (Wildman–Crippen MR) is 118 cm³/mol. The Hall–Kier alpha value is -3.06. The van der Waals surface area contributed by atoms with Crippen molar-refractivity contribution in [1.29, 1.82) is 0 Å². The maximum Gasteiger partial charge on any atom is 0.258 e. The molecule has 1 fully saturated rings. The van der Waals surface area contributed by atoms with E-state index < -0.39 is 0 Å². The monoisotopic (exact) mass is 411 g/mol. The van der Waals surface area contributed by atoms with Crippen LogP contribution in [0.15, 0.2) is 41.4 Å². The summed E-state index contributed by atoms with van der Waals surface area (Å²) in [7, 11) is 3.09. The van der Waals surface area contributed by atoms with Crippen molar-refractivity contribution < 1.29 is 19.0 Å². The molecule has 3 rings (SSSR count). The number of benzene rings is 2. The summed E-state index contributed by atoms with van der Waals surface area (Å²) in [4.78, 5) is 17.5. The van der Waals surface area contributed by atoms with Gasteiger partial charge >= 0.3 is 0 Å². The van der Waals surface area contributed by atoms with Crippen molar-refractivity contribution >= 4 is 17.6 Å². The van der Waals surface area contributed by atoms with E-state index in [-0.39, 0.29) is 12.0 Å². The molecule has 0 saturated carbocycles. The molecule has 0 aliphatic carbocycles. The van der Waals surface area contributed by atoms with Crippen LogP contribution < -0.4 is 20.1 Å². The van der Waals surface area contributed by atoms with Crippen molar-refractivity contribution in [2.24, 2.45) is 4.99 Å². The lowest BCUT2D eigenvalue weighted by atomic mass is 10.1. The van der Waals surface area contributed by atoms with E-state index in [1.54, 1.807) is 25.3 Å². The molecule has 1 aliphatic heterocycles. The van der Waals surface area contributed by atoms with Gasteiger partial charge in [-0.25, -0.2) is 4.99 Å². The van der Waals surface area contributed by atoms with Gasteiger partial charge < -0.3 is 19.5 Å². The fourth-order valence-electron chi connectivity index (χ4n) is 3.43. The fourth-order valence-corrected chi connectivity index (χ4v) is 3.43. The first kappa shape index (κ1) is 21.6. The van der Waals surface area contributed by atoms with Crippen LogP contribution in [0.1, 0.15) is 34.3 Å². The number of hydrogen-bond acceptors (Lipinski definition) is 5. The number of ether oxygens (including phenoxy) is 3. The van der Waals surface area contributed by atoms with E-state index in [1.165, 1.54) is 7.11 Å². The van der Waals surface area contributed by atoms with E-state index in [1.807, 2.05) is 26.0 Å². The molecule has 2 aromatic carbocycles. The number of guanidine groups is 1. The molecule has 0 bridgehead atoms. The molecule has 7 nitrogen and oxygen atoms in total. The van der Waals surface area contributed by atoms with Crippen LogP contribution in [0.5, 0.6) is 11.5 Å². The van der Waals surface area contributed by atoms with Crippen LogP contribution in [0.2, 0.25) is 0 Å². The van der Waals surface area contributed by atoms with E-state index in [9.17, 15) is 4.79 Å². The van der Waals surface area contributed by atoms with E-state index in [4.69, 9.17) is 14.2 Å². The van der Waals surface area contributed by atoms with E-state index in [0.717, 1.165) is 36.3 Å². The van der Waals surface area contributed by atoms with Gasteiger partial charge in [-0.1, -0.05) is 6.07 Å². The molecular weight excluding hydrogens is 382 g/mol. The van der Waals surface area contributed by atoms with Crippen molar-refractivity contribution in [1.82, 2.24) is 5.32 Å². The van der Waals surface area contributed by atoms with Crippen LogP contribution >= 0.6 is 0 Å². The molecule has 2 aromatic rings. The van der Waals surface area contributed by atoms with E-state index in [0.29, 0.717) is 29.6 Å². The number of nitrogens with zero attached hydrogens (tertiary/aromatic N) is 1. The quantitative estimate of drug-likeness (QED) is 0.560. The summed E-state index contributed by atoms with van der Waals surface area (Å²) >= 11 is 0. The number of anilines is 1. The SMILES string of the molecule is COc1ccc(C(=O)NC(=NCC2CCCO2)Nc2cc(C)cc(C)c2)cc1OC. The zero-order chi connectivity index (χ0) is 21.5. The minimum absolute atomic E-state index is 0.0824. The smallest absolute Gasteiger partial charge is 0.258 e. The van der Waals surface area contributed by atoms with Gasteiger partial charge in [-0.3, -0.25) is 10.1 Å². The van der Waals surface area contributed by atoms with Crippen LogP contribution in [-0.4, -0.2) is 45.3 Å². The summed E-state index contributed by atoms with van der Waals surface area (Å²) in [6, 6.07) is 11.1. The molecule has 7 heteroatoms. The van der Waals surface area contributed by atoms with Gasteiger partial charge in [0.25, 0.3) is 5.91 Å². The van der Waals surface area contributed by atoms with Gasteiger partial charge in [0.2, 0.25) is 5.96 Å². The Bertz CT molecular complexity index is 900. The highest BCUT2D eigenvalue weighted by Crippen LogP contribution is 2.27. The standard InChI is InChI=1S/C23H29N3O4/c1-15-10-16(2)12-18(11-15)25-23(24-14-19-6-5-9-30-19)26-22(27)17-7-8-20(28-3)21(13-17)29-4/h7-8,10-13,19H,5-6,9,14H2,1-4H3,(H2,24,25,26,27). The second-order valence-electron chi connectivity index (χ2n) is 7.35. The molecule has 2 N–H and O–H groups in total. The number of hydrogen-bond donors (Lipinski definition) is 2. The van der Waals surface area contributed by atoms with E-state index >= 15 is 0 Å². The summed E-state index contributed by atoms with van der Waals surface area (Å²) < 4.78 is 16.2. The lowest BCUT2D eigenvalue weighted by Crippen LogP contribution is -2.36. The maximum absolute atomic E-state index is 12.9. The number of carbonyl (C=O) groups is 1. The highest BCUT2D eigenvalue weighted by molar-refractivity contribution is 6.10. The van der Waals surface area contributed by atoms with Crippen LogP contribution in [0.25, 0.3) is 0 Å². The maximum atomic E-state index is 12.9. The first-order chi connectivity index (χ1) is 14.5. The molecular formula is C23H29N3O4. The Kier molecular flexibility index (Phi) is 7.30. The number of aliphatic imine (C=N–C) groups is 1. The number of methoxy groups -OCH3 is 2. The van der Waals surface area contributed by atoms with Crippen LogP contribution in [0.3, 0.4) is 0 Å². The number of aryl methyl sites for hydroxylation is 2. The molecule has 1 heterocycles. The molecule has 30 heavy (non-hydrogen) atoms. The fraction of sp³-hybridized carbons (Fsp3) is 0.391. The summed E-state index contributed by atoms with van der Waals surface area (Å²) in [5.74, 6) is 1.15. The molecule has 1 atom stereocenters. The summed E-state index contributed by atoms with van der Waals surface area (Å²) in [6.45, 7) is 5.31. The minimum Gasteiger partial charge on any atom is -0.493 e. The summed E-state index contributed by atoms with van der Waals surface area (Å²) in [5.41, 5.74) is 3.57. The number of nitrogens with one attached hydrogen (secondary N) is 2. The van der Waals surface area contributed by atoms with Crippen LogP contribution in [-0.2, 0) is 4.74 Å². The third-order valence-electron chi connectivity index (χ3n) is 4.84. The Morgan fingerprint density at radius 3 is 2.47 bits per heavy atom. The Morgan fingerprint density at radius 1 is 1.10 bits per heavy atom. The second-order valence-corrected chi connectivity index (χ2v) is 7.35. The summed E-state index contributed by atoms with van der Waals surface area (Å²) in [5, 5.41) is 6.12. The number of rotatable bonds is 6. The van der Waals surface area contributed by atoms with Crippen molar-refractivity contribution in [3.8, 4) is 11.5 Å². The lowest BCUT2D eigenvalue weighted by Gasteiger charge is -2.15. The molecule has 160 valence electrons. The highest BCUT2D eigenvalue weighted by atomic mass is 16.5. The molecule has 1 amide bonds. The third-order valence-corrected chi connectivity index (χ3v) is 4.84. The van der Waals surface area contributed by atoms with Gasteiger partial charge in [0.05, 0.1) is 26.9 Å². The van der Waals surface area contributed by atoms with Gasteiger partial charge in [-0.15, -0.1) is 0 Å². The van der Waals surface area contributed by atoms with Gasteiger partial charge in [0.15, 0.2) is 11.5 Å². The first-order valence-corrected chi connectivity index (χ1v) is 10.0. The average Bonchev–Trinajstić information content (AvgIpc) is 3.24. The van der Waals surface area contributed by atoms with Crippen molar-refractivity contribution in [2.75, 3.05) is 32.7 Å². The molecule has 1 saturated heterocycles. The largest absolute Gasteiger partial charge is 0.493 e. The molecule has 0 radical (unpaired) electrons. The third kappa shape index (κ3) is 5.73. The van der Waals surface area contributed by atoms with Gasteiger partial charge in [0, 0.05) is 17.9 Å². The first-order valence-electron chi connectivity index (χ1n) is 10.0. The molecule has 1 unspecified atom stereocenters. The van der Waals surface area contributed by atoms with Gasteiger partial charge in [-0.2, -0.15) is 0 Å². The molecule has 0 aromatic heterocycles. The van der Waals surface area contributed by atoms with Crippen molar-refractivity contribution in [3.05, 3.63) is 53.1 Å². The lowest BCUT2D eigenvalue weighted by molar-refractivity contribution is 0.0975. The second kappa shape index (κ2) is 10.1. The predicted octanol–water partition coefficient (Wildman–Crippen LogP) is 3.70.